The molecule has 0 saturated heterocycles. The first kappa shape index (κ1) is 10.7. The number of hydrogen-bond donors (Lipinski definition) is 2. The predicted molar refractivity (Wildman–Crippen MR) is 52.5 cm³/mol. The molecule has 1 aromatic carbocycles. The third-order valence-corrected chi connectivity index (χ3v) is 1.95. The molecule has 4 N–H and O–H groups in total. The Morgan fingerprint density at radius 2 is 1.86 bits per heavy atom. The van der Waals surface area contributed by atoms with Gasteiger partial charge in [-0.05, 0) is 24.1 Å². The van der Waals surface area contributed by atoms with Crippen LogP contribution in [0.4, 0.5) is 14.5 Å². The zero-order valence-corrected chi connectivity index (χ0v) is 7.63. The van der Waals surface area contributed by atoms with E-state index in [2.05, 4.69) is 6.58 Å². The molecule has 76 valence electrons. The van der Waals surface area contributed by atoms with Crippen molar-refractivity contribution in [3.63, 3.8) is 0 Å². The van der Waals surface area contributed by atoms with Gasteiger partial charge < -0.3 is 11.5 Å². The zero-order valence-electron chi connectivity index (χ0n) is 7.63. The quantitative estimate of drug-likeness (QED) is 0.577. The fourth-order valence-electron chi connectivity index (χ4n) is 1.13. The highest BCUT2D eigenvalue weighted by Crippen LogP contribution is 2.22. The molecule has 1 atom stereocenters. The van der Waals surface area contributed by atoms with Crippen molar-refractivity contribution in [1.29, 1.82) is 0 Å². The van der Waals surface area contributed by atoms with Gasteiger partial charge in [0, 0.05) is 6.04 Å². The summed E-state index contributed by atoms with van der Waals surface area (Å²) in [6, 6.07) is 1.84. The maximum Gasteiger partial charge on any atom is 0.149 e. The van der Waals surface area contributed by atoms with Gasteiger partial charge in [-0.2, -0.15) is 0 Å². The lowest BCUT2D eigenvalue weighted by Crippen LogP contribution is -2.10. The van der Waals surface area contributed by atoms with Crippen LogP contribution < -0.4 is 11.5 Å². The highest BCUT2D eigenvalue weighted by atomic mass is 19.1. The summed E-state index contributed by atoms with van der Waals surface area (Å²) in [6.07, 6.45) is 2.06. The van der Waals surface area contributed by atoms with E-state index < -0.39 is 23.4 Å². The molecule has 0 aliphatic carbocycles. The summed E-state index contributed by atoms with van der Waals surface area (Å²) < 4.78 is 26.0. The SMILES string of the molecule is C=CCC(N)c1cc(F)c(N)c(F)c1. The lowest BCUT2D eigenvalue weighted by Gasteiger charge is -2.10. The van der Waals surface area contributed by atoms with Gasteiger partial charge in [0.05, 0.1) is 0 Å². The lowest BCUT2D eigenvalue weighted by molar-refractivity contribution is 0.581. The highest BCUT2D eigenvalue weighted by Gasteiger charge is 2.11. The van der Waals surface area contributed by atoms with Crippen LogP contribution in [0.15, 0.2) is 24.8 Å². The van der Waals surface area contributed by atoms with E-state index in [0.717, 1.165) is 12.1 Å². The minimum absolute atomic E-state index is 0.383. The van der Waals surface area contributed by atoms with Crippen LogP contribution in [0.5, 0.6) is 0 Å². The molecule has 0 aromatic heterocycles. The topological polar surface area (TPSA) is 52.0 Å². The zero-order chi connectivity index (χ0) is 10.7. The molecule has 2 nitrogen and oxygen atoms in total. The summed E-state index contributed by atoms with van der Waals surface area (Å²) >= 11 is 0. The van der Waals surface area contributed by atoms with Crippen molar-refractivity contribution in [2.24, 2.45) is 5.73 Å². The first-order valence-corrected chi connectivity index (χ1v) is 4.17. The van der Waals surface area contributed by atoms with Gasteiger partial charge in [-0.1, -0.05) is 6.08 Å². The van der Waals surface area contributed by atoms with Gasteiger partial charge in [0.25, 0.3) is 0 Å². The van der Waals surface area contributed by atoms with Gasteiger partial charge in [0.15, 0.2) is 0 Å². The first-order chi connectivity index (χ1) is 6.56. The molecular formula is C10H12F2N2. The Morgan fingerprint density at radius 1 is 1.36 bits per heavy atom. The molecule has 0 saturated carbocycles. The Bertz CT molecular complexity index is 327. The second-order valence-corrected chi connectivity index (χ2v) is 3.03. The minimum atomic E-state index is -0.778. The molecule has 1 aromatic rings. The molecule has 1 unspecified atom stereocenters. The molecule has 4 heteroatoms. The summed E-state index contributed by atoms with van der Waals surface area (Å²) in [4.78, 5) is 0. The number of hydrogen-bond acceptors (Lipinski definition) is 2. The minimum Gasteiger partial charge on any atom is -0.394 e. The fourth-order valence-corrected chi connectivity index (χ4v) is 1.13. The number of benzene rings is 1. The van der Waals surface area contributed by atoms with Gasteiger partial charge in [-0.25, -0.2) is 8.78 Å². The smallest absolute Gasteiger partial charge is 0.149 e. The summed E-state index contributed by atoms with van der Waals surface area (Å²) in [5.41, 5.74) is 10.7. The third kappa shape index (κ3) is 2.09. The van der Waals surface area contributed by atoms with E-state index in [1.54, 1.807) is 6.08 Å². The molecule has 0 spiro atoms. The second-order valence-electron chi connectivity index (χ2n) is 3.03. The van der Waals surface area contributed by atoms with E-state index in [4.69, 9.17) is 11.5 Å². The maximum atomic E-state index is 13.0. The van der Waals surface area contributed by atoms with Crippen molar-refractivity contribution < 1.29 is 8.78 Å². The van der Waals surface area contributed by atoms with E-state index >= 15 is 0 Å². The normalized spacial score (nSPS) is 12.5. The molecular weight excluding hydrogens is 186 g/mol. The predicted octanol–water partition coefficient (Wildman–Crippen LogP) is 2.12. The van der Waals surface area contributed by atoms with Crippen LogP contribution in [0, 0.1) is 11.6 Å². The van der Waals surface area contributed by atoms with Crippen LogP contribution in [-0.2, 0) is 0 Å². The van der Waals surface area contributed by atoms with Crippen molar-refractivity contribution in [2.75, 3.05) is 5.73 Å². The van der Waals surface area contributed by atoms with Gasteiger partial charge >= 0.3 is 0 Å². The average molecular weight is 198 g/mol. The molecule has 0 radical (unpaired) electrons. The second kappa shape index (κ2) is 4.19. The van der Waals surface area contributed by atoms with Crippen LogP contribution >= 0.6 is 0 Å². The van der Waals surface area contributed by atoms with Gasteiger partial charge in [-0.15, -0.1) is 6.58 Å². The van der Waals surface area contributed by atoms with Gasteiger partial charge in [0.1, 0.15) is 17.3 Å². The number of nitrogen functional groups attached to an aromatic ring is 1. The largest absolute Gasteiger partial charge is 0.394 e. The third-order valence-electron chi connectivity index (χ3n) is 1.95. The number of halogens is 2. The van der Waals surface area contributed by atoms with E-state index in [-0.39, 0.29) is 0 Å². The molecule has 1 rings (SSSR count). The molecule has 0 amide bonds. The molecule has 14 heavy (non-hydrogen) atoms. The monoisotopic (exact) mass is 198 g/mol. The van der Waals surface area contributed by atoms with E-state index in [0.29, 0.717) is 12.0 Å². The van der Waals surface area contributed by atoms with Crippen molar-refractivity contribution in [1.82, 2.24) is 0 Å². The lowest BCUT2D eigenvalue weighted by atomic mass is 10.0. The Hall–Kier alpha value is -1.42. The van der Waals surface area contributed by atoms with Crippen LogP contribution in [-0.4, -0.2) is 0 Å². The van der Waals surface area contributed by atoms with Crippen LogP contribution in [0.1, 0.15) is 18.0 Å². The van der Waals surface area contributed by atoms with E-state index in [9.17, 15) is 8.78 Å². The average Bonchev–Trinajstić information content (AvgIpc) is 2.13. The molecule has 0 heterocycles. The van der Waals surface area contributed by atoms with Crippen molar-refractivity contribution in [3.8, 4) is 0 Å². The van der Waals surface area contributed by atoms with Crippen molar-refractivity contribution >= 4 is 5.69 Å². The fraction of sp³-hybridized carbons (Fsp3) is 0.200. The molecule has 0 aliphatic rings. The molecule has 0 fully saturated rings. The summed E-state index contributed by atoms with van der Waals surface area (Å²) in [5.74, 6) is -1.56. The van der Waals surface area contributed by atoms with Gasteiger partial charge in [-0.3, -0.25) is 0 Å². The summed E-state index contributed by atoms with van der Waals surface area (Å²) in [5, 5.41) is 0. The Morgan fingerprint density at radius 3 is 2.29 bits per heavy atom. The number of nitrogens with two attached hydrogens (primary N) is 2. The van der Waals surface area contributed by atoms with Crippen molar-refractivity contribution in [3.05, 3.63) is 42.0 Å². The summed E-state index contributed by atoms with van der Waals surface area (Å²) in [7, 11) is 0. The number of rotatable bonds is 3. The van der Waals surface area contributed by atoms with Crippen LogP contribution in [0.25, 0.3) is 0 Å². The van der Waals surface area contributed by atoms with Crippen LogP contribution in [0.2, 0.25) is 0 Å². The molecule has 0 aliphatic heterocycles. The standard InChI is InChI=1S/C10H12F2N2/c1-2-3-9(13)6-4-7(11)10(14)8(12)5-6/h2,4-5,9H,1,3,13-14H2. The Balaban J connectivity index is 3.05. The first-order valence-electron chi connectivity index (χ1n) is 4.17. The summed E-state index contributed by atoms with van der Waals surface area (Å²) in [6.45, 7) is 3.50. The highest BCUT2D eigenvalue weighted by molar-refractivity contribution is 5.43. The van der Waals surface area contributed by atoms with Gasteiger partial charge in [0.2, 0.25) is 0 Å². The van der Waals surface area contributed by atoms with Crippen LogP contribution in [0.3, 0.4) is 0 Å². The molecule has 0 bridgehead atoms. The maximum absolute atomic E-state index is 13.0. The van der Waals surface area contributed by atoms with E-state index in [1.165, 1.54) is 0 Å². The Kier molecular flexibility index (Phi) is 3.19. The van der Waals surface area contributed by atoms with E-state index in [1.807, 2.05) is 0 Å². The Labute approximate surface area is 81.2 Å². The number of anilines is 1. The van der Waals surface area contributed by atoms with Crippen molar-refractivity contribution in [2.45, 2.75) is 12.5 Å².